The third-order valence-electron chi connectivity index (χ3n) is 5.01. The topological polar surface area (TPSA) is 83.7 Å². The van der Waals surface area contributed by atoms with Crippen LogP contribution in [0.25, 0.3) is 0 Å². The molecule has 2 aliphatic heterocycles. The Balaban J connectivity index is 1.57. The Bertz CT molecular complexity index is 548. The van der Waals surface area contributed by atoms with Crippen molar-refractivity contribution in [1.29, 1.82) is 0 Å². The number of amides is 1. The minimum Gasteiger partial charge on any atom is -0.396 e. The van der Waals surface area contributed by atoms with Crippen LogP contribution in [0.5, 0.6) is 0 Å². The van der Waals surface area contributed by atoms with Gasteiger partial charge in [-0.1, -0.05) is 0 Å². The number of carbonyl (C=O) groups is 1. The Hall–Kier alpha value is -1.51. The zero-order chi connectivity index (χ0) is 16.9. The highest BCUT2D eigenvalue weighted by atomic mass is 16.5. The van der Waals surface area contributed by atoms with Crippen LogP contribution in [0.1, 0.15) is 36.8 Å². The zero-order valence-electron chi connectivity index (χ0n) is 14.4. The summed E-state index contributed by atoms with van der Waals surface area (Å²) in [5.74, 6) is 2.40. The second-order valence-electron chi connectivity index (χ2n) is 6.55. The van der Waals surface area contributed by atoms with Crippen LogP contribution in [0, 0.1) is 0 Å². The first-order valence-electron chi connectivity index (χ1n) is 8.76. The van der Waals surface area contributed by atoms with Crippen LogP contribution in [0.2, 0.25) is 0 Å². The molecular weight excluding hydrogens is 310 g/mol. The molecule has 8 nitrogen and oxygen atoms in total. The maximum atomic E-state index is 11.9. The summed E-state index contributed by atoms with van der Waals surface area (Å²) < 4.78 is 7.50. The quantitative estimate of drug-likeness (QED) is 0.797. The van der Waals surface area contributed by atoms with Crippen molar-refractivity contribution in [2.24, 2.45) is 7.05 Å². The van der Waals surface area contributed by atoms with Gasteiger partial charge in [-0.15, -0.1) is 10.2 Å². The molecule has 0 unspecified atom stereocenters. The summed E-state index contributed by atoms with van der Waals surface area (Å²) in [5.41, 5.74) is 0. The molecule has 2 aliphatic rings. The van der Waals surface area contributed by atoms with Gasteiger partial charge in [0.15, 0.2) is 0 Å². The number of aromatic nitrogens is 3. The molecule has 3 heterocycles. The molecule has 0 aromatic carbocycles. The standard InChI is InChI=1S/C16H27N5O3/c1-19-14(12-20-7-10-24-11-8-20)17-18-16(19)13-2-5-21(6-3-13)15(23)4-9-22/h13,22H,2-12H2,1H3. The first-order chi connectivity index (χ1) is 11.7. The number of aliphatic hydroxyl groups is 1. The van der Waals surface area contributed by atoms with Crippen LogP contribution in [0.4, 0.5) is 0 Å². The molecule has 0 saturated carbocycles. The molecule has 1 aromatic heterocycles. The monoisotopic (exact) mass is 337 g/mol. The summed E-state index contributed by atoms with van der Waals surface area (Å²) in [5, 5.41) is 17.7. The van der Waals surface area contributed by atoms with Gasteiger partial charge in [0.1, 0.15) is 11.6 Å². The Kier molecular flexibility index (Phi) is 5.80. The Morgan fingerprint density at radius 2 is 1.92 bits per heavy atom. The molecule has 0 atom stereocenters. The predicted molar refractivity (Wildman–Crippen MR) is 87.4 cm³/mol. The van der Waals surface area contributed by atoms with Crippen LogP contribution in [-0.4, -0.2) is 81.6 Å². The van der Waals surface area contributed by atoms with Gasteiger partial charge in [-0.25, -0.2) is 0 Å². The lowest BCUT2D eigenvalue weighted by Crippen LogP contribution is -2.38. The molecule has 2 fully saturated rings. The molecule has 0 spiro atoms. The summed E-state index contributed by atoms with van der Waals surface area (Å²) in [4.78, 5) is 16.0. The Morgan fingerprint density at radius 3 is 2.58 bits per heavy atom. The van der Waals surface area contributed by atoms with Crippen molar-refractivity contribution in [3.05, 3.63) is 11.6 Å². The summed E-state index contributed by atoms with van der Waals surface area (Å²) in [7, 11) is 2.04. The summed E-state index contributed by atoms with van der Waals surface area (Å²) in [6.07, 6.45) is 2.03. The summed E-state index contributed by atoms with van der Waals surface area (Å²) >= 11 is 0. The van der Waals surface area contributed by atoms with Gasteiger partial charge in [0.05, 0.1) is 26.4 Å². The SMILES string of the molecule is Cn1c(CN2CCOCC2)nnc1C1CCN(C(=O)CCO)CC1. The van der Waals surface area contributed by atoms with E-state index in [0.29, 0.717) is 5.92 Å². The molecule has 0 bridgehead atoms. The lowest BCUT2D eigenvalue weighted by Gasteiger charge is -2.31. The van der Waals surface area contributed by atoms with E-state index in [1.807, 2.05) is 11.9 Å². The van der Waals surface area contributed by atoms with E-state index < -0.39 is 0 Å². The summed E-state index contributed by atoms with van der Waals surface area (Å²) in [6, 6.07) is 0. The van der Waals surface area contributed by atoms with E-state index in [-0.39, 0.29) is 18.9 Å². The van der Waals surface area contributed by atoms with Gasteiger partial charge in [0, 0.05) is 45.6 Å². The molecule has 2 saturated heterocycles. The van der Waals surface area contributed by atoms with Crippen molar-refractivity contribution in [3.8, 4) is 0 Å². The van der Waals surface area contributed by atoms with Gasteiger partial charge in [-0.2, -0.15) is 0 Å². The third-order valence-corrected chi connectivity index (χ3v) is 5.01. The highest BCUT2D eigenvalue weighted by Crippen LogP contribution is 2.27. The van der Waals surface area contributed by atoms with E-state index in [0.717, 1.165) is 70.4 Å². The van der Waals surface area contributed by atoms with Crippen molar-refractivity contribution in [2.75, 3.05) is 46.0 Å². The predicted octanol–water partition coefficient (Wildman–Crippen LogP) is -0.264. The molecule has 24 heavy (non-hydrogen) atoms. The molecule has 134 valence electrons. The van der Waals surface area contributed by atoms with Crippen molar-refractivity contribution in [1.82, 2.24) is 24.6 Å². The van der Waals surface area contributed by atoms with Crippen LogP contribution in [-0.2, 0) is 23.1 Å². The van der Waals surface area contributed by atoms with Gasteiger partial charge >= 0.3 is 0 Å². The lowest BCUT2D eigenvalue weighted by molar-refractivity contribution is -0.132. The van der Waals surface area contributed by atoms with Gasteiger partial charge in [0.2, 0.25) is 5.91 Å². The average Bonchev–Trinajstić information content (AvgIpc) is 2.97. The number of piperidine rings is 1. The highest BCUT2D eigenvalue weighted by molar-refractivity contribution is 5.76. The average molecular weight is 337 g/mol. The number of nitrogens with zero attached hydrogens (tertiary/aromatic N) is 5. The van der Waals surface area contributed by atoms with E-state index in [1.165, 1.54) is 0 Å². The number of ether oxygens (including phenoxy) is 1. The molecular formula is C16H27N5O3. The Labute approximate surface area is 142 Å². The van der Waals surface area contributed by atoms with Crippen molar-refractivity contribution in [2.45, 2.75) is 31.7 Å². The van der Waals surface area contributed by atoms with Crippen LogP contribution < -0.4 is 0 Å². The van der Waals surface area contributed by atoms with Gasteiger partial charge in [-0.05, 0) is 12.8 Å². The van der Waals surface area contributed by atoms with Crippen LogP contribution in [0.15, 0.2) is 0 Å². The van der Waals surface area contributed by atoms with E-state index >= 15 is 0 Å². The minimum absolute atomic E-state index is 0.0434. The number of rotatable bonds is 5. The maximum Gasteiger partial charge on any atom is 0.224 e. The van der Waals surface area contributed by atoms with Crippen molar-refractivity contribution in [3.63, 3.8) is 0 Å². The van der Waals surface area contributed by atoms with Crippen LogP contribution >= 0.6 is 0 Å². The minimum atomic E-state index is -0.0764. The smallest absolute Gasteiger partial charge is 0.224 e. The number of hydrogen-bond acceptors (Lipinski definition) is 6. The molecule has 1 N–H and O–H groups in total. The van der Waals surface area contributed by atoms with E-state index in [4.69, 9.17) is 9.84 Å². The summed E-state index contributed by atoms with van der Waals surface area (Å²) in [6.45, 7) is 5.63. The lowest BCUT2D eigenvalue weighted by atomic mass is 9.95. The fourth-order valence-corrected chi connectivity index (χ4v) is 3.47. The largest absolute Gasteiger partial charge is 0.396 e. The first-order valence-corrected chi connectivity index (χ1v) is 8.76. The molecule has 1 aromatic rings. The van der Waals surface area contributed by atoms with E-state index in [1.54, 1.807) is 0 Å². The van der Waals surface area contributed by atoms with E-state index in [9.17, 15) is 4.79 Å². The van der Waals surface area contributed by atoms with Crippen molar-refractivity contribution >= 4 is 5.91 Å². The number of hydrogen-bond donors (Lipinski definition) is 1. The Morgan fingerprint density at radius 1 is 1.21 bits per heavy atom. The molecule has 0 radical (unpaired) electrons. The van der Waals surface area contributed by atoms with Gasteiger partial charge < -0.3 is 19.3 Å². The molecule has 0 aliphatic carbocycles. The molecule has 3 rings (SSSR count). The second-order valence-corrected chi connectivity index (χ2v) is 6.55. The number of aliphatic hydroxyl groups excluding tert-OH is 1. The molecule has 1 amide bonds. The number of carbonyl (C=O) groups excluding carboxylic acids is 1. The normalized spacial score (nSPS) is 20.5. The fraction of sp³-hybridized carbons (Fsp3) is 0.812. The number of morpholine rings is 1. The number of likely N-dealkylation sites (tertiary alicyclic amines) is 1. The molecule has 8 heteroatoms. The maximum absolute atomic E-state index is 11.9. The van der Waals surface area contributed by atoms with Gasteiger partial charge in [-0.3, -0.25) is 9.69 Å². The fourth-order valence-electron chi connectivity index (χ4n) is 3.47. The third kappa shape index (κ3) is 3.93. The first kappa shape index (κ1) is 17.3. The zero-order valence-corrected chi connectivity index (χ0v) is 14.4. The van der Waals surface area contributed by atoms with Crippen molar-refractivity contribution < 1.29 is 14.6 Å². The second kappa shape index (κ2) is 8.04. The highest BCUT2D eigenvalue weighted by Gasteiger charge is 2.27. The van der Waals surface area contributed by atoms with Gasteiger partial charge in [0.25, 0.3) is 0 Å². The van der Waals surface area contributed by atoms with Crippen LogP contribution in [0.3, 0.4) is 0 Å². The van der Waals surface area contributed by atoms with E-state index in [2.05, 4.69) is 19.7 Å².